The van der Waals surface area contributed by atoms with E-state index in [1.165, 1.54) is 12.1 Å². The Labute approximate surface area is 170 Å². The third-order valence-electron chi connectivity index (χ3n) is 6.08. The molecule has 154 valence electrons. The van der Waals surface area contributed by atoms with Crippen LogP contribution >= 0.6 is 0 Å². The van der Waals surface area contributed by atoms with Crippen LogP contribution in [-0.4, -0.2) is 45.4 Å². The molecule has 0 saturated carbocycles. The number of benzene rings is 1. The van der Waals surface area contributed by atoms with E-state index in [0.717, 1.165) is 49.4 Å². The predicted molar refractivity (Wildman–Crippen MR) is 107 cm³/mol. The van der Waals surface area contributed by atoms with Crippen LogP contribution in [0.4, 0.5) is 4.39 Å². The maximum absolute atomic E-state index is 13.2. The predicted octanol–water partition coefficient (Wildman–Crippen LogP) is 2.44. The van der Waals surface area contributed by atoms with Crippen molar-refractivity contribution in [3.63, 3.8) is 0 Å². The molecular formula is C22H27FN4O2. The van der Waals surface area contributed by atoms with Gasteiger partial charge in [0.05, 0.1) is 0 Å². The lowest BCUT2D eigenvalue weighted by molar-refractivity contribution is -0.135. The first-order chi connectivity index (χ1) is 14.0. The van der Waals surface area contributed by atoms with Crippen LogP contribution in [0.2, 0.25) is 0 Å². The van der Waals surface area contributed by atoms with Gasteiger partial charge in [0.2, 0.25) is 11.8 Å². The number of imidazole rings is 1. The minimum Gasteiger partial charge on any atom is -0.344 e. The van der Waals surface area contributed by atoms with E-state index in [1.807, 2.05) is 30.2 Å². The van der Waals surface area contributed by atoms with Gasteiger partial charge in [-0.25, -0.2) is 9.37 Å². The Balaban J connectivity index is 1.34. The molecule has 2 saturated heterocycles. The van der Waals surface area contributed by atoms with Crippen molar-refractivity contribution in [3.8, 4) is 0 Å². The summed E-state index contributed by atoms with van der Waals surface area (Å²) in [5, 5.41) is 2.77. The molecule has 0 radical (unpaired) electrons. The summed E-state index contributed by atoms with van der Waals surface area (Å²) in [6.45, 7) is 4.18. The molecule has 0 aliphatic carbocycles. The number of carbonyl (C=O) groups excluding carboxylic acids is 2. The molecule has 3 heterocycles. The van der Waals surface area contributed by atoms with Gasteiger partial charge in [-0.2, -0.15) is 0 Å². The van der Waals surface area contributed by atoms with Gasteiger partial charge in [0.1, 0.15) is 17.7 Å². The second-order valence-corrected chi connectivity index (χ2v) is 8.16. The fourth-order valence-electron chi connectivity index (χ4n) is 4.30. The number of halogens is 1. The lowest BCUT2D eigenvalue weighted by Gasteiger charge is -2.33. The Morgan fingerprint density at radius 1 is 1.21 bits per heavy atom. The van der Waals surface area contributed by atoms with Crippen LogP contribution in [0, 0.1) is 18.7 Å². The van der Waals surface area contributed by atoms with E-state index < -0.39 is 0 Å². The molecule has 2 fully saturated rings. The fourth-order valence-corrected chi connectivity index (χ4v) is 4.30. The first kappa shape index (κ1) is 19.6. The highest BCUT2D eigenvalue weighted by molar-refractivity contribution is 5.90. The van der Waals surface area contributed by atoms with Crippen LogP contribution in [0.3, 0.4) is 0 Å². The highest BCUT2D eigenvalue weighted by Gasteiger charge is 2.32. The summed E-state index contributed by atoms with van der Waals surface area (Å²) in [7, 11) is 0. The van der Waals surface area contributed by atoms with Crippen molar-refractivity contribution in [2.75, 3.05) is 13.1 Å². The summed E-state index contributed by atoms with van der Waals surface area (Å²) >= 11 is 0. The standard InChI is InChI=1S/C22H27FN4O2/c1-15-13-24-20(27(15)14-17-2-4-18(23)5-3-17)12-16-8-10-26(11-9-16)22(29)19-6-7-21(28)25-19/h2-5,13,16,19H,6-12,14H2,1H3,(H,25,28). The summed E-state index contributed by atoms with van der Waals surface area (Å²) in [5.41, 5.74) is 2.14. The van der Waals surface area contributed by atoms with E-state index in [2.05, 4.69) is 14.9 Å². The van der Waals surface area contributed by atoms with Crippen molar-refractivity contribution in [3.05, 3.63) is 53.4 Å². The van der Waals surface area contributed by atoms with Crippen molar-refractivity contribution in [1.29, 1.82) is 0 Å². The first-order valence-corrected chi connectivity index (χ1v) is 10.3. The molecule has 29 heavy (non-hydrogen) atoms. The smallest absolute Gasteiger partial charge is 0.245 e. The number of nitrogens with one attached hydrogen (secondary N) is 1. The van der Waals surface area contributed by atoms with E-state index >= 15 is 0 Å². The fraction of sp³-hybridized carbons (Fsp3) is 0.500. The molecule has 2 aliphatic rings. The van der Waals surface area contributed by atoms with Crippen LogP contribution in [0.1, 0.15) is 42.8 Å². The molecule has 0 spiro atoms. The minimum absolute atomic E-state index is 0.0263. The zero-order chi connectivity index (χ0) is 20.4. The van der Waals surface area contributed by atoms with Gasteiger partial charge < -0.3 is 14.8 Å². The van der Waals surface area contributed by atoms with E-state index in [1.54, 1.807) is 0 Å². The number of hydrogen-bond acceptors (Lipinski definition) is 3. The van der Waals surface area contributed by atoms with Gasteiger partial charge in [-0.15, -0.1) is 0 Å². The molecule has 0 bridgehead atoms. The number of piperidine rings is 1. The largest absolute Gasteiger partial charge is 0.344 e. The Hall–Kier alpha value is -2.70. The summed E-state index contributed by atoms with van der Waals surface area (Å²) in [5.74, 6) is 1.32. The summed E-state index contributed by atoms with van der Waals surface area (Å²) in [4.78, 5) is 30.4. The van der Waals surface area contributed by atoms with Crippen molar-refractivity contribution >= 4 is 11.8 Å². The van der Waals surface area contributed by atoms with Gasteiger partial charge >= 0.3 is 0 Å². The number of likely N-dealkylation sites (tertiary alicyclic amines) is 1. The SMILES string of the molecule is Cc1cnc(CC2CCN(C(=O)C3CCC(=O)N3)CC2)n1Cc1ccc(F)cc1. The van der Waals surface area contributed by atoms with Crippen LogP contribution in [0.5, 0.6) is 0 Å². The number of aryl methyl sites for hydroxylation is 1. The Morgan fingerprint density at radius 3 is 2.59 bits per heavy atom. The van der Waals surface area contributed by atoms with Gasteiger partial charge in [-0.3, -0.25) is 9.59 Å². The topological polar surface area (TPSA) is 67.2 Å². The Bertz CT molecular complexity index is 885. The number of hydrogen-bond donors (Lipinski definition) is 1. The zero-order valence-corrected chi connectivity index (χ0v) is 16.7. The summed E-state index contributed by atoms with van der Waals surface area (Å²) in [6.07, 6.45) is 5.70. The highest BCUT2D eigenvalue weighted by atomic mass is 19.1. The molecule has 7 heteroatoms. The molecule has 1 aromatic heterocycles. The lowest BCUT2D eigenvalue weighted by Crippen LogP contribution is -2.47. The van der Waals surface area contributed by atoms with Crippen LogP contribution in [-0.2, 0) is 22.6 Å². The van der Waals surface area contributed by atoms with E-state index in [9.17, 15) is 14.0 Å². The van der Waals surface area contributed by atoms with Gasteiger partial charge in [0.15, 0.2) is 0 Å². The molecule has 4 rings (SSSR count). The van der Waals surface area contributed by atoms with E-state index in [4.69, 9.17) is 0 Å². The average Bonchev–Trinajstić information content (AvgIpc) is 3.30. The van der Waals surface area contributed by atoms with Gasteiger partial charge in [0.25, 0.3) is 0 Å². The zero-order valence-electron chi connectivity index (χ0n) is 16.7. The Morgan fingerprint density at radius 2 is 1.93 bits per heavy atom. The number of rotatable bonds is 5. The van der Waals surface area contributed by atoms with Gasteiger partial charge in [-0.05, 0) is 49.8 Å². The van der Waals surface area contributed by atoms with E-state index in [-0.39, 0.29) is 23.7 Å². The number of aromatic nitrogens is 2. The second kappa shape index (κ2) is 8.35. The molecule has 1 unspecified atom stereocenters. The van der Waals surface area contributed by atoms with Crippen molar-refractivity contribution in [2.24, 2.45) is 5.92 Å². The van der Waals surface area contributed by atoms with Crippen LogP contribution in [0.15, 0.2) is 30.5 Å². The monoisotopic (exact) mass is 398 g/mol. The van der Waals surface area contributed by atoms with Crippen LogP contribution < -0.4 is 5.32 Å². The van der Waals surface area contributed by atoms with E-state index in [0.29, 0.717) is 25.3 Å². The first-order valence-electron chi connectivity index (χ1n) is 10.3. The quantitative estimate of drug-likeness (QED) is 0.841. The van der Waals surface area contributed by atoms with Crippen molar-refractivity contribution in [1.82, 2.24) is 19.8 Å². The van der Waals surface area contributed by atoms with Crippen LogP contribution in [0.25, 0.3) is 0 Å². The summed E-state index contributed by atoms with van der Waals surface area (Å²) < 4.78 is 15.4. The maximum atomic E-state index is 13.2. The number of amides is 2. The second-order valence-electron chi connectivity index (χ2n) is 8.16. The molecule has 1 aromatic carbocycles. The van der Waals surface area contributed by atoms with Crippen molar-refractivity contribution in [2.45, 2.75) is 51.6 Å². The average molecular weight is 398 g/mol. The highest BCUT2D eigenvalue weighted by Crippen LogP contribution is 2.24. The minimum atomic E-state index is -0.337. The maximum Gasteiger partial charge on any atom is 0.245 e. The van der Waals surface area contributed by atoms with Gasteiger partial charge in [-0.1, -0.05) is 12.1 Å². The number of nitrogens with zero attached hydrogens (tertiary/aromatic N) is 3. The molecule has 2 aromatic rings. The molecule has 2 amide bonds. The normalized spacial score (nSPS) is 20.1. The van der Waals surface area contributed by atoms with Gasteiger partial charge in [0, 0.05) is 44.4 Å². The lowest BCUT2D eigenvalue weighted by atomic mass is 9.92. The molecule has 1 N–H and O–H groups in total. The number of carbonyl (C=O) groups is 2. The third kappa shape index (κ3) is 4.49. The molecule has 6 nitrogen and oxygen atoms in total. The summed E-state index contributed by atoms with van der Waals surface area (Å²) in [6, 6.07) is 6.26. The third-order valence-corrected chi connectivity index (χ3v) is 6.08. The van der Waals surface area contributed by atoms with Crippen molar-refractivity contribution < 1.29 is 14.0 Å². The Kier molecular flexibility index (Phi) is 5.65. The molecular weight excluding hydrogens is 371 g/mol. The molecule has 1 atom stereocenters. The molecule has 2 aliphatic heterocycles.